The number of rotatable bonds is 7. The molecular weight excluding hydrogens is 194 g/mol. The summed E-state index contributed by atoms with van der Waals surface area (Å²) in [6.45, 7) is 4.23. The summed E-state index contributed by atoms with van der Waals surface area (Å²) in [5, 5.41) is 0. The quantitative estimate of drug-likeness (QED) is 0.348. The first-order valence-corrected chi connectivity index (χ1v) is 5.25. The van der Waals surface area contributed by atoms with Gasteiger partial charge >= 0.3 is 0 Å². The van der Waals surface area contributed by atoms with E-state index >= 15 is 0 Å². The minimum Gasteiger partial charge on any atom is -0.275 e. The number of nitrogens with one attached hydrogen (secondary N) is 2. The maximum atomic E-state index is 11.1. The van der Waals surface area contributed by atoms with Crippen molar-refractivity contribution in [2.75, 3.05) is 19.6 Å². The van der Waals surface area contributed by atoms with Crippen LogP contribution in [-0.2, 0) is 9.59 Å². The molecule has 1 aliphatic heterocycles. The summed E-state index contributed by atoms with van der Waals surface area (Å²) < 4.78 is 0. The molecule has 0 unspecified atom stereocenters. The van der Waals surface area contributed by atoms with Crippen LogP contribution < -0.4 is 10.9 Å². The first-order valence-electron chi connectivity index (χ1n) is 5.25. The summed E-state index contributed by atoms with van der Waals surface area (Å²) in [6.07, 6.45) is 4.45. The summed E-state index contributed by atoms with van der Waals surface area (Å²) in [4.78, 5) is 23.5. The van der Waals surface area contributed by atoms with E-state index in [9.17, 15) is 9.59 Å². The van der Waals surface area contributed by atoms with Gasteiger partial charge in [-0.1, -0.05) is 6.92 Å². The zero-order valence-corrected chi connectivity index (χ0v) is 8.95. The summed E-state index contributed by atoms with van der Waals surface area (Å²) in [5.41, 5.74) is 6.05. The highest BCUT2D eigenvalue weighted by molar-refractivity contribution is 6.12. The van der Waals surface area contributed by atoms with Gasteiger partial charge in [0.05, 0.1) is 0 Å². The highest BCUT2D eigenvalue weighted by Crippen LogP contribution is 2.03. The molecule has 0 aromatic rings. The van der Waals surface area contributed by atoms with Crippen LogP contribution in [0.3, 0.4) is 0 Å². The molecule has 1 heterocycles. The van der Waals surface area contributed by atoms with Gasteiger partial charge in [-0.25, -0.2) is 0 Å². The van der Waals surface area contributed by atoms with E-state index in [2.05, 4.69) is 17.8 Å². The molecule has 0 atom stereocenters. The van der Waals surface area contributed by atoms with Gasteiger partial charge < -0.3 is 0 Å². The Bertz CT molecular complexity index is 245. The molecule has 0 saturated heterocycles. The monoisotopic (exact) mass is 211 g/mol. The second kappa shape index (κ2) is 6.31. The zero-order valence-electron chi connectivity index (χ0n) is 8.95. The molecule has 5 nitrogen and oxygen atoms in total. The maximum absolute atomic E-state index is 11.1. The van der Waals surface area contributed by atoms with Crippen molar-refractivity contribution in [1.29, 1.82) is 0 Å². The average molecular weight is 211 g/mol. The Labute approximate surface area is 89.5 Å². The predicted octanol–water partition coefficient (Wildman–Crippen LogP) is -0.194. The van der Waals surface area contributed by atoms with Gasteiger partial charge in [0.2, 0.25) is 0 Å². The highest BCUT2D eigenvalue weighted by Gasteiger charge is 2.21. The van der Waals surface area contributed by atoms with Crippen LogP contribution in [0.25, 0.3) is 0 Å². The fourth-order valence-corrected chi connectivity index (χ4v) is 1.28. The van der Waals surface area contributed by atoms with Crippen molar-refractivity contribution in [1.82, 2.24) is 15.8 Å². The Balaban J connectivity index is 2.05. The van der Waals surface area contributed by atoms with Crippen molar-refractivity contribution in [3.8, 4) is 0 Å². The van der Waals surface area contributed by atoms with Crippen LogP contribution in [0.1, 0.15) is 19.8 Å². The van der Waals surface area contributed by atoms with Gasteiger partial charge in [0.25, 0.3) is 11.8 Å². The maximum Gasteiger partial charge on any atom is 0.253 e. The van der Waals surface area contributed by atoms with Gasteiger partial charge in [-0.15, -0.1) is 0 Å². The van der Waals surface area contributed by atoms with E-state index in [0.717, 1.165) is 25.9 Å². The molecule has 1 aliphatic rings. The predicted molar refractivity (Wildman–Crippen MR) is 56.8 cm³/mol. The van der Waals surface area contributed by atoms with Crippen molar-refractivity contribution in [3.63, 3.8) is 0 Å². The number of hydrogen-bond acceptors (Lipinski definition) is 4. The Kier molecular flexibility index (Phi) is 5.00. The molecule has 0 saturated carbocycles. The summed E-state index contributed by atoms with van der Waals surface area (Å²) in [5.74, 6) is -0.414. The molecule has 2 amide bonds. The summed E-state index contributed by atoms with van der Waals surface area (Å²) in [7, 11) is 0. The number of amides is 2. The van der Waals surface area contributed by atoms with Crippen LogP contribution in [0.4, 0.5) is 0 Å². The van der Waals surface area contributed by atoms with Crippen molar-refractivity contribution in [3.05, 3.63) is 12.2 Å². The molecule has 84 valence electrons. The fraction of sp³-hybridized carbons (Fsp3) is 0.600. The lowest BCUT2D eigenvalue weighted by Gasteiger charge is -2.13. The van der Waals surface area contributed by atoms with E-state index in [4.69, 9.17) is 0 Å². The highest BCUT2D eigenvalue weighted by atomic mass is 16.2. The lowest BCUT2D eigenvalue weighted by molar-refractivity contribution is -0.136. The van der Waals surface area contributed by atoms with Crippen LogP contribution in [0, 0.1) is 0 Å². The van der Waals surface area contributed by atoms with Crippen molar-refractivity contribution in [2.24, 2.45) is 0 Å². The van der Waals surface area contributed by atoms with E-state index in [-0.39, 0.29) is 11.8 Å². The molecule has 5 heteroatoms. The molecular formula is C10H17N3O2. The number of nitrogens with zero attached hydrogens (tertiary/aromatic N) is 1. The minimum atomic E-state index is -0.207. The molecule has 1 rings (SSSR count). The summed E-state index contributed by atoms with van der Waals surface area (Å²) >= 11 is 0. The van der Waals surface area contributed by atoms with E-state index in [0.29, 0.717) is 6.54 Å². The topological polar surface area (TPSA) is 61.4 Å². The molecule has 0 aliphatic carbocycles. The van der Waals surface area contributed by atoms with Crippen LogP contribution >= 0.6 is 0 Å². The smallest absolute Gasteiger partial charge is 0.253 e. The Morgan fingerprint density at radius 3 is 2.33 bits per heavy atom. The number of imide groups is 1. The molecule has 0 spiro atoms. The van der Waals surface area contributed by atoms with Crippen LogP contribution in [0.15, 0.2) is 12.2 Å². The lowest BCUT2D eigenvalue weighted by Crippen LogP contribution is -2.36. The van der Waals surface area contributed by atoms with E-state index in [1.807, 2.05) is 0 Å². The van der Waals surface area contributed by atoms with E-state index in [1.165, 1.54) is 17.1 Å². The Morgan fingerprint density at radius 1 is 1.13 bits per heavy atom. The first kappa shape index (κ1) is 11.9. The van der Waals surface area contributed by atoms with Crippen LogP contribution in [-0.4, -0.2) is 36.3 Å². The third kappa shape index (κ3) is 3.81. The minimum absolute atomic E-state index is 0.207. The molecule has 0 fully saturated rings. The molecule has 0 bridgehead atoms. The van der Waals surface area contributed by atoms with Crippen molar-refractivity contribution < 1.29 is 9.59 Å². The molecule has 0 aromatic carbocycles. The van der Waals surface area contributed by atoms with E-state index in [1.54, 1.807) is 0 Å². The lowest BCUT2D eigenvalue weighted by atomic mass is 10.4. The second-order valence-electron chi connectivity index (χ2n) is 3.37. The number of hydrazine groups is 1. The molecule has 0 aromatic heterocycles. The van der Waals surface area contributed by atoms with Crippen LogP contribution in [0.2, 0.25) is 0 Å². The van der Waals surface area contributed by atoms with Gasteiger partial charge in [0, 0.05) is 31.8 Å². The molecule has 2 N–H and O–H groups in total. The van der Waals surface area contributed by atoms with Gasteiger partial charge in [-0.05, 0) is 12.8 Å². The standard InChI is InChI=1S/C10H17N3O2/c1-2-6-11-12-7-3-8-13-9(14)4-5-10(13)15/h4-5,11-12H,2-3,6-8H2,1H3. The molecule has 15 heavy (non-hydrogen) atoms. The van der Waals surface area contributed by atoms with Gasteiger partial charge in [-0.3, -0.25) is 25.3 Å². The van der Waals surface area contributed by atoms with Gasteiger partial charge in [0.15, 0.2) is 0 Å². The number of carbonyl (C=O) groups is 2. The van der Waals surface area contributed by atoms with Gasteiger partial charge in [0.1, 0.15) is 0 Å². The number of carbonyl (C=O) groups excluding carboxylic acids is 2. The fourth-order valence-electron chi connectivity index (χ4n) is 1.28. The van der Waals surface area contributed by atoms with Crippen molar-refractivity contribution in [2.45, 2.75) is 19.8 Å². The van der Waals surface area contributed by atoms with Crippen LogP contribution in [0.5, 0.6) is 0 Å². The average Bonchev–Trinajstić information content (AvgIpc) is 2.54. The first-order chi connectivity index (χ1) is 7.25. The largest absolute Gasteiger partial charge is 0.275 e. The molecule has 0 radical (unpaired) electrons. The SMILES string of the molecule is CCCNNCCCN1C(=O)C=CC1=O. The van der Waals surface area contributed by atoms with E-state index < -0.39 is 0 Å². The zero-order chi connectivity index (χ0) is 11.1. The normalized spacial score (nSPS) is 15.4. The van der Waals surface area contributed by atoms with Crippen molar-refractivity contribution >= 4 is 11.8 Å². The van der Waals surface area contributed by atoms with Gasteiger partial charge in [-0.2, -0.15) is 0 Å². The summed E-state index contributed by atoms with van der Waals surface area (Å²) in [6, 6.07) is 0. The Hall–Kier alpha value is -1.20. The third-order valence-corrected chi connectivity index (χ3v) is 2.08. The number of hydrogen-bond donors (Lipinski definition) is 2. The third-order valence-electron chi connectivity index (χ3n) is 2.08. The second-order valence-corrected chi connectivity index (χ2v) is 3.37. The Morgan fingerprint density at radius 2 is 1.73 bits per heavy atom.